The van der Waals surface area contributed by atoms with Gasteiger partial charge < -0.3 is 20.7 Å². The lowest BCUT2D eigenvalue weighted by Gasteiger charge is -2.14. The molecule has 5 rings (SSSR count). The predicted octanol–water partition coefficient (Wildman–Crippen LogP) is 3.61. The van der Waals surface area contributed by atoms with Crippen LogP contribution in [0.1, 0.15) is 29.3 Å². The molecule has 4 aromatic rings. The van der Waals surface area contributed by atoms with E-state index >= 15 is 0 Å². The molecule has 1 aliphatic heterocycles. The molecule has 190 valence electrons. The Kier molecular flexibility index (Phi) is 6.43. The molecule has 0 unspecified atom stereocenters. The van der Waals surface area contributed by atoms with E-state index in [1.807, 2.05) is 13.0 Å². The molecule has 11 heteroatoms. The molecule has 37 heavy (non-hydrogen) atoms. The summed E-state index contributed by atoms with van der Waals surface area (Å²) in [4.78, 5) is 33.4. The van der Waals surface area contributed by atoms with Crippen molar-refractivity contribution in [3.05, 3.63) is 71.7 Å². The standard InChI is InChI=1S/C26H24F2N6O3/c1-3-14-12-15(4-5-16(14)25(35)33-18-8-9-30-26(18)36)32-23-24-31-13-19(34(24)11-10-29-23)17-6-7-20(37-2)22(28)21(17)27/h4-7,10-13,18H,3,8-9H2,1-2H3,(H,29,32)(H,30,36)(H,33,35)/t18-/m0/s1. The van der Waals surface area contributed by atoms with Crippen LogP contribution in [-0.2, 0) is 11.2 Å². The fourth-order valence-electron chi connectivity index (χ4n) is 4.38. The number of hydrogen-bond acceptors (Lipinski definition) is 6. The summed E-state index contributed by atoms with van der Waals surface area (Å²) in [5, 5.41) is 8.69. The van der Waals surface area contributed by atoms with Crippen molar-refractivity contribution in [1.29, 1.82) is 0 Å². The van der Waals surface area contributed by atoms with Crippen molar-refractivity contribution in [1.82, 2.24) is 25.0 Å². The minimum atomic E-state index is -1.08. The summed E-state index contributed by atoms with van der Waals surface area (Å²) in [6, 6.07) is 7.51. The summed E-state index contributed by atoms with van der Waals surface area (Å²) in [5.41, 5.74) is 2.71. The van der Waals surface area contributed by atoms with Gasteiger partial charge in [0.25, 0.3) is 5.91 Å². The molecule has 1 saturated heterocycles. The van der Waals surface area contributed by atoms with E-state index in [2.05, 4.69) is 25.9 Å². The van der Waals surface area contributed by atoms with Gasteiger partial charge >= 0.3 is 0 Å². The first-order chi connectivity index (χ1) is 17.9. The quantitative estimate of drug-likeness (QED) is 0.353. The number of methoxy groups -OCH3 is 1. The summed E-state index contributed by atoms with van der Waals surface area (Å²) in [7, 11) is 1.27. The number of aryl methyl sites for hydroxylation is 1. The molecule has 0 bridgehead atoms. The van der Waals surface area contributed by atoms with E-state index in [9.17, 15) is 18.4 Å². The smallest absolute Gasteiger partial charge is 0.252 e. The largest absolute Gasteiger partial charge is 0.494 e. The minimum Gasteiger partial charge on any atom is -0.494 e. The molecule has 2 aromatic carbocycles. The number of carbonyl (C=O) groups excluding carboxylic acids is 2. The SMILES string of the molecule is CCc1cc(Nc2nccn3c(-c4ccc(OC)c(F)c4F)cnc23)ccc1C(=O)N[C@H]1CCNC1=O. The number of amides is 2. The highest BCUT2D eigenvalue weighted by molar-refractivity contribution is 5.99. The van der Waals surface area contributed by atoms with Crippen LogP contribution in [0.4, 0.5) is 20.3 Å². The zero-order chi connectivity index (χ0) is 26.1. The van der Waals surface area contributed by atoms with E-state index in [1.54, 1.807) is 22.7 Å². The predicted molar refractivity (Wildman–Crippen MR) is 133 cm³/mol. The van der Waals surface area contributed by atoms with Gasteiger partial charge in [0.05, 0.1) is 19.0 Å². The summed E-state index contributed by atoms with van der Waals surface area (Å²) in [6.07, 6.45) is 5.71. The van der Waals surface area contributed by atoms with Crippen molar-refractivity contribution in [2.24, 2.45) is 0 Å². The molecule has 0 saturated carbocycles. The number of anilines is 2. The first-order valence-corrected chi connectivity index (χ1v) is 11.7. The number of nitrogens with one attached hydrogen (secondary N) is 3. The summed E-state index contributed by atoms with van der Waals surface area (Å²) >= 11 is 0. The Balaban J connectivity index is 1.43. The van der Waals surface area contributed by atoms with Crippen molar-refractivity contribution in [2.75, 3.05) is 19.0 Å². The third-order valence-electron chi connectivity index (χ3n) is 6.32. The Labute approximate surface area is 210 Å². The first kappa shape index (κ1) is 24.2. The molecule has 0 spiro atoms. The number of aromatic nitrogens is 3. The second-order valence-electron chi connectivity index (χ2n) is 8.51. The zero-order valence-electron chi connectivity index (χ0n) is 20.1. The third-order valence-corrected chi connectivity index (χ3v) is 6.32. The van der Waals surface area contributed by atoms with Gasteiger partial charge in [-0.25, -0.2) is 14.4 Å². The number of ether oxygens (including phenoxy) is 1. The number of imidazole rings is 1. The molecular formula is C26H24F2N6O3. The molecule has 3 heterocycles. The van der Waals surface area contributed by atoms with Gasteiger partial charge in [0, 0.05) is 35.8 Å². The number of benzene rings is 2. The Morgan fingerprint density at radius 2 is 2.05 bits per heavy atom. The van der Waals surface area contributed by atoms with Crippen molar-refractivity contribution < 1.29 is 23.1 Å². The van der Waals surface area contributed by atoms with Crippen LogP contribution in [0.2, 0.25) is 0 Å². The van der Waals surface area contributed by atoms with Crippen LogP contribution < -0.4 is 20.7 Å². The molecule has 2 aromatic heterocycles. The fraction of sp³-hybridized carbons (Fsp3) is 0.231. The lowest BCUT2D eigenvalue weighted by molar-refractivity contribution is -0.120. The van der Waals surface area contributed by atoms with Crippen LogP contribution in [0.25, 0.3) is 16.9 Å². The van der Waals surface area contributed by atoms with Crippen LogP contribution in [0.5, 0.6) is 5.75 Å². The highest BCUT2D eigenvalue weighted by Gasteiger charge is 2.26. The number of rotatable bonds is 7. The second-order valence-corrected chi connectivity index (χ2v) is 8.51. The topological polar surface area (TPSA) is 110 Å². The number of carbonyl (C=O) groups is 2. The summed E-state index contributed by atoms with van der Waals surface area (Å²) in [6.45, 7) is 2.47. The second kappa shape index (κ2) is 9.84. The lowest BCUT2D eigenvalue weighted by Crippen LogP contribution is -2.40. The molecule has 1 atom stereocenters. The van der Waals surface area contributed by atoms with Gasteiger partial charge in [-0.3, -0.25) is 14.0 Å². The molecular weight excluding hydrogens is 482 g/mol. The molecule has 3 N–H and O–H groups in total. The molecule has 1 aliphatic rings. The van der Waals surface area contributed by atoms with Crippen molar-refractivity contribution >= 4 is 29.0 Å². The van der Waals surface area contributed by atoms with Crippen LogP contribution in [0, 0.1) is 11.6 Å². The molecule has 0 aliphatic carbocycles. The molecule has 1 fully saturated rings. The summed E-state index contributed by atoms with van der Waals surface area (Å²) in [5.74, 6) is -2.40. The van der Waals surface area contributed by atoms with Gasteiger partial charge in [-0.05, 0) is 48.7 Å². The maximum absolute atomic E-state index is 14.7. The lowest BCUT2D eigenvalue weighted by atomic mass is 10.0. The van der Waals surface area contributed by atoms with E-state index < -0.39 is 17.7 Å². The van der Waals surface area contributed by atoms with Gasteiger partial charge in [-0.1, -0.05) is 6.92 Å². The Hall–Kier alpha value is -4.54. The third kappa shape index (κ3) is 4.44. The van der Waals surface area contributed by atoms with Crippen molar-refractivity contribution in [3.8, 4) is 17.0 Å². The van der Waals surface area contributed by atoms with E-state index in [0.717, 1.165) is 5.56 Å². The van der Waals surface area contributed by atoms with Gasteiger partial charge in [0.1, 0.15) is 6.04 Å². The number of hydrogen-bond donors (Lipinski definition) is 3. The Morgan fingerprint density at radius 1 is 1.22 bits per heavy atom. The highest BCUT2D eigenvalue weighted by Crippen LogP contribution is 2.31. The van der Waals surface area contributed by atoms with Gasteiger partial charge in [0.15, 0.2) is 23.0 Å². The monoisotopic (exact) mass is 506 g/mol. The summed E-state index contributed by atoms with van der Waals surface area (Å²) < 4.78 is 35.5. The number of halogens is 2. The molecule has 0 radical (unpaired) electrons. The minimum absolute atomic E-state index is 0.0301. The van der Waals surface area contributed by atoms with Crippen LogP contribution in [0.3, 0.4) is 0 Å². The van der Waals surface area contributed by atoms with Gasteiger partial charge in [0.2, 0.25) is 11.7 Å². The Bertz CT molecular complexity index is 1520. The zero-order valence-corrected chi connectivity index (χ0v) is 20.1. The molecule has 9 nitrogen and oxygen atoms in total. The van der Waals surface area contributed by atoms with E-state index in [4.69, 9.17) is 4.74 Å². The van der Waals surface area contributed by atoms with Gasteiger partial charge in [-0.2, -0.15) is 4.39 Å². The Morgan fingerprint density at radius 3 is 2.78 bits per heavy atom. The van der Waals surface area contributed by atoms with Crippen LogP contribution in [-0.4, -0.2) is 45.9 Å². The number of nitrogens with zero attached hydrogens (tertiary/aromatic N) is 3. The van der Waals surface area contributed by atoms with E-state index in [0.29, 0.717) is 47.8 Å². The average Bonchev–Trinajstić information content (AvgIpc) is 3.52. The normalized spacial score (nSPS) is 15.0. The first-order valence-electron chi connectivity index (χ1n) is 11.7. The van der Waals surface area contributed by atoms with Gasteiger partial charge in [-0.15, -0.1) is 0 Å². The molecule has 2 amide bonds. The number of fused-ring (bicyclic) bond motifs is 1. The van der Waals surface area contributed by atoms with Crippen molar-refractivity contribution in [2.45, 2.75) is 25.8 Å². The average molecular weight is 507 g/mol. The van der Waals surface area contributed by atoms with E-state index in [1.165, 1.54) is 31.6 Å². The van der Waals surface area contributed by atoms with Crippen LogP contribution >= 0.6 is 0 Å². The fourth-order valence-corrected chi connectivity index (χ4v) is 4.38. The maximum Gasteiger partial charge on any atom is 0.252 e. The van der Waals surface area contributed by atoms with E-state index in [-0.39, 0.29) is 23.1 Å². The highest BCUT2D eigenvalue weighted by atomic mass is 19.2. The maximum atomic E-state index is 14.7. The van der Waals surface area contributed by atoms with Crippen molar-refractivity contribution in [3.63, 3.8) is 0 Å². The van der Waals surface area contributed by atoms with Crippen LogP contribution in [0.15, 0.2) is 48.9 Å².